The van der Waals surface area contributed by atoms with E-state index in [0.29, 0.717) is 11.0 Å². The van der Waals surface area contributed by atoms with Crippen molar-refractivity contribution in [1.82, 2.24) is 5.32 Å². The van der Waals surface area contributed by atoms with Crippen molar-refractivity contribution in [3.63, 3.8) is 0 Å². The van der Waals surface area contributed by atoms with E-state index in [1.165, 1.54) is 24.7 Å². The van der Waals surface area contributed by atoms with Crippen LogP contribution in [0.3, 0.4) is 0 Å². The predicted molar refractivity (Wildman–Crippen MR) is 84.1 cm³/mol. The molecule has 0 bridgehead atoms. The van der Waals surface area contributed by atoms with Crippen molar-refractivity contribution in [3.05, 3.63) is 29.6 Å². The monoisotopic (exact) mass is 297 g/mol. The van der Waals surface area contributed by atoms with Crippen LogP contribution < -0.4 is 10.1 Å². The van der Waals surface area contributed by atoms with Crippen molar-refractivity contribution >= 4 is 11.8 Å². The molecule has 0 aliphatic carbocycles. The molecule has 1 heterocycles. The van der Waals surface area contributed by atoms with Gasteiger partial charge in [0.15, 0.2) is 0 Å². The van der Waals surface area contributed by atoms with Gasteiger partial charge in [-0.3, -0.25) is 0 Å². The second kappa shape index (κ2) is 7.89. The zero-order valence-corrected chi connectivity index (χ0v) is 13.1. The highest BCUT2D eigenvalue weighted by Crippen LogP contribution is 2.36. The molecule has 1 fully saturated rings. The average molecular weight is 297 g/mol. The van der Waals surface area contributed by atoms with Crippen LogP contribution in [0.1, 0.15) is 44.2 Å². The number of thioether (sulfide) groups is 1. The lowest BCUT2D eigenvalue weighted by molar-refractivity contribution is 0.407. The summed E-state index contributed by atoms with van der Waals surface area (Å²) in [7, 11) is 1.57. The molecule has 1 aliphatic rings. The third-order valence-electron chi connectivity index (χ3n) is 3.74. The fourth-order valence-electron chi connectivity index (χ4n) is 2.66. The fraction of sp³-hybridized carbons (Fsp3) is 0.625. The molecule has 0 radical (unpaired) electrons. The van der Waals surface area contributed by atoms with Crippen LogP contribution >= 0.6 is 11.8 Å². The topological polar surface area (TPSA) is 21.3 Å². The van der Waals surface area contributed by atoms with Crippen LogP contribution in [0.2, 0.25) is 0 Å². The molecule has 0 aromatic heterocycles. The Morgan fingerprint density at radius 3 is 2.90 bits per heavy atom. The summed E-state index contributed by atoms with van der Waals surface area (Å²) in [6.45, 7) is 3.07. The molecule has 1 aromatic rings. The van der Waals surface area contributed by atoms with Gasteiger partial charge in [-0.25, -0.2) is 4.39 Å². The predicted octanol–water partition coefficient (Wildman–Crippen LogP) is 4.16. The maximum absolute atomic E-state index is 14.3. The first-order chi connectivity index (χ1) is 9.76. The Morgan fingerprint density at radius 1 is 1.45 bits per heavy atom. The van der Waals surface area contributed by atoms with Gasteiger partial charge in [0, 0.05) is 22.9 Å². The van der Waals surface area contributed by atoms with Crippen LogP contribution in [0.4, 0.5) is 4.39 Å². The Hall–Kier alpha value is -0.740. The number of rotatable bonds is 6. The van der Waals surface area contributed by atoms with E-state index in [1.54, 1.807) is 7.11 Å². The first-order valence-electron chi connectivity index (χ1n) is 7.44. The van der Waals surface area contributed by atoms with E-state index >= 15 is 0 Å². The number of halogens is 1. The number of nitrogens with one attached hydrogen (secondary N) is 1. The molecular weight excluding hydrogens is 273 g/mol. The molecule has 2 unspecified atom stereocenters. The summed E-state index contributed by atoms with van der Waals surface area (Å²) in [5, 5.41) is 4.00. The quantitative estimate of drug-likeness (QED) is 0.852. The van der Waals surface area contributed by atoms with Crippen LogP contribution in [0.25, 0.3) is 0 Å². The van der Waals surface area contributed by atoms with Gasteiger partial charge in [0.05, 0.1) is 7.11 Å². The van der Waals surface area contributed by atoms with Gasteiger partial charge in [-0.2, -0.15) is 11.8 Å². The summed E-state index contributed by atoms with van der Waals surface area (Å²) in [5.41, 5.74) is 0.777. The average Bonchev–Trinajstić information content (AvgIpc) is 2.50. The Bertz CT molecular complexity index is 421. The van der Waals surface area contributed by atoms with Gasteiger partial charge in [0.25, 0.3) is 0 Å². The standard InChI is InChI=1S/C16H24FNOS/c1-3-9-18-16(15-6-4-5-10-20-15)13-8-7-12(19-2)11-14(13)17/h7-8,11,15-16,18H,3-6,9-10H2,1-2H3. The third kappa shape index (κ3) is 3.89. The van der Waals surface area contributed by atoms with Gasteiger partial charge in [-0.15, -0.1) is 0 Å². The second-order valence-electron chi connectivity index (χ2n) is 5.22. The van der Waals surface area contributed by atoms with E-state index in [4.69, 9.17) is 4.74 Å². The van der Waals surface area contributed by atoms with Crippen LogP contribution in [-0.2, 0) is 0 Å². The lowest BCUT2D eigenvalue weighted by Crippen LogP contribution is -2.33. The van der Waals surface area contributed by atoms with Crippen molar-refractivity contribution < 1.29 is 9.13 Å². The van der Waals surface area contributed by atoms with Gasteiger partial charge in [0.1, 0.15) is 11.6 Å². The van der Waals surface area contributed by atoms with Crippen LogP contribution in [-0.4, -0.2) is 24.7 Å². The molecule has 0 amide bonds. The normalized spacial score (nSPS) is 20.6. The van der Waals surface area contributed by atoms with E-state index in [0.717, 1.165) is 24.9 Å². The molecule has 4 heteroatoms. The first-order valence-corrected chi connectivity index (χ1v) is 8.49. The lowest BCUT2D eigenvalue weighted by Gasteiger charge is -2.31. The van der Waals surface area contributed by atoms with E-state index < -0.39 is 0 Å². The number of hydrogen-bond donors (Lipinski definition) is 1. The van der Waals surface area contributed by atoms with Crippen molar-refractivity contribution in [2.24, 2.45) is 0 Å². The molecule has 2 nitrogen and oxygen atoms in total. The van der Waals surface area contributed by atoms with E-state index in [2.05, 4.69) is 12.2 Å². The smallest absolute Gasteiger partial charge is 0.131 e. The minimum atomic E-state index is -0.163. The summed E-state index contributed by atoms with van der Waals surface area (Å²) >= 11 is 1.97. The highest BCUT2D eigenvalue weighted by Gasteiger charge is 2.27. The summed E-state index contributed by atoms with van der Waals surface area (Å²) in [6.07, 6.45) is 4.76. The van der Waals surface area contributed by atoms with E-state index in [1.807, 2.05) is 23.9 Å². The Morgan fingerprint density at radius 2 is 2.30 bits per heavy atom. The highest BCUT2D eigenvalue weighted by molar-refractivity contribution is 8.00. The van der Waals surface area contributed by atoms with Gasteiger partial charge in [-0.1, -0.05) is 19.4 Å². The summed E-state index contributed by atoms with van der Waals surface area (Å²) in [6, 6.07) is 5.32. The fourth-order valence-corrected chi connectivity index (χ4v) is 4.10. The number of ether oxygens (including phenoxy) is 1. The van der Waals surface area contributed by atoms with Gasteiger partial charge >= 0.3 is 0 Å². The molecule has 1 aliphatic heterocycles. The van der Waals surface area contributed by atoms with Crippen molar-refractivity contribution in [2.75, 3.05) is 19.4 Å². The van der Waals surface area contributed by atoms with Crippen molar-refractivity contribution in [1.29, 1.82) is 0 Å². The SMILES string of the molecule is CCCNC(c1ccc(OC)cc1F)C1CCCCS1. The zero-order valence-electron chi connectivity index (χ0n) is 12.3. The number of benzene rings is 1. The highest BCUT2D eigenvalue weighted by atomic mass is 32.2. The van der Waals surface area contributed by atoms with Gasteiger partial charge < -0.3 is 10.1 Å². The van der Waals surface area contributed by atoms with Gasteiger partial charge in [-0.05, 0) is 37.6 Å². The minimum Gasteiger partial charge on any atom is -0.497 e. The maximum atomic E-state index is 14.3. The summed E-state index contributed by atoms with van der Waals surface area (Å²) in [5.74, 6) is 1.60. The molecule has 0 saturated carbocycles. The Labute approximate surface area is 125 Å². The molecule has 112 valence electrons. The number of hydrogen-bond acceptors (Lipinski definition) is 3. The third-order valence-corrected chi connectivity index (χ3v) is 5.20. The summed E-state index contributed by atoms with van der Waals surface area (Å²) < 4.78 is 19.4. The first kappa shape index (κ1) is 15.6. The molecule has 2 rings (SSSR count). The lowest BCUT2D eigenvalue weighted by atomic mass is 9.98. The molecule has 1 N–H and O–H groups in total. The maximum Gasteiger partial charge on any atom is 0.131 e. The van der Waals surface area contributed by atoms with Gasteiger partial charge in [0.2, 0.25) is 0 Å². The van der Waals surface area contributed by atoms with Crippen LogP contribution in [0.15, 0.2) is 18.2 Å². The van der Waals surface area contributed by atoms with Crippen LogP contribution in [0.5, 0.6) is 5.75 Å². The Balaban J connectivity index is 2.20. The van der Waals surface area contributed by atoms with Crippen LogP contribution in [0, 0.1) is 5.82 Å². The molecule has 20 heavy (non-hydrogen) atoms. The summed E-state index contributed by atoms with van der Waals surface area (Å²) in [4.78, 5) is 0. The number of methoxy groups -OCH3 is 1. The largest absolute Gasteiger partial charge is 0.497 e. The van der Waals surface area contributed by atoms with Crippen molar-refractivity contribution in [2.45, 2.75) is 43.9 Å². The molecular formula is C16H24FNOS. The zero-order chi connectivity index (χ0) is 14.4. The Kier molecular flexibility index (Phi) is 6.17. The second-order valence-corrected chi connectivity index (χ2v) is 6.57. The molecule has 0 spiro atoms. The molecule has 1 aromatic carbocycles. The minimum absolute atomic E-state index is 0.103. The molecule has 1 saturated heterocycles. The van der Waals surface area contributed by atoms with Crippen molar-refractivity contribution in [3.8, 4) is 5.75 Å². The molecule has 2 atom stereocenters. The van der Waals surface area contributed by atoms with E-state index in [9.17, 15) is 4.39 Å². The van der Waals surface area contributed by atoms with E-state index in [-0.39, 0.29) is 11.9 Å².